The molecule has 2 aliphatic rings. The molecule has 1 amide bonds. The zero-order valence-corrected chi connectivity index (χ0v) is 25.4. The van der Waals surface area contributed by atoms with Gasteiger partial charge < -0.3 is 10.2 Å². The number of anilines is 2. The van der Waals surface area contributed by atoms with Crippen LogP contribution in [0.1, 0.15) is 79.5 Å². The highest BCUT2D eigenvalue weighted by molar-refractivity contribution is 7.91. The number of carbonyl (C=O) groups is 1. The Hall–Kier alpha value is -3.06. The van der Waals surface area contributed by atoms with Crippen molar-refractivity contribution < 1.29 is 26.4 Å². The first-order valence-corrected chi connectivity index (χ1v) is 16.6. The van der Waals surface area contributed by atoms with Crippen molar-refractivity contribution in [2.45, 2.75) is 83.0 Å². The number of aryl methyl sites for hydroxylation is 1. The van der Waals surface area contributed by atoms with Gasteiger partial charge in [0, 0.05) is 5.69 Å². The topological polar surface area (TPSA) is 105 Å². The molecule has 1 aliphatic heterocycles. The van der Waals surface area contributed by atoms with Gasteiger partial charge in [0.1, 0.15) is 5.69 Å². The number of thiazole rings is 1. The average Bonchev–Trinajstić information content (AvgIpc) is 3.63. The summed E-state index contributed by atoms with van der Waals surface area (Å²) in [5, 5.41) is 3.23. The first-order chi connectivity index (χ1) is 19.8. The van der Waals surface area contributed by atoms with E-state index in [-0.39, 0.29) is 53.1 Å². The molecule has 1 aromatic carbocycles. The quantitative estimate of drug-likeness (QED) is 0.290. The van der Waals surface area contributed by atoms with E-state index in [1.807, 2.05) is 13.8 Å². The molecule has 0 unspecified atom stereocenters. The summed E-state index contributed by atoms with van der Waals surface area (Å²) in [5.74, 6) is 0.325. The van der Waals surface area contributed by atoms with E-state index in [1.54, 1.807) is 29.2 Å². The van der Waals surface area contributed by atoms with E-state index >= 15 is 0 Å². The van der Waals surface area contributed by atoms with Gasteiger partial charge in [-0.25, -0.2) is 23.4 Å². The van der Waals surface area contributed by atoms with Gasteiger partial charge in [0.05, 0.1) is 40.2 Å². The van der Waals surface area contributed by atoms with Gasteiger partial charge in [0.2, 0.25) is 11.9 Å². The van der Waals surface area contributed by atoms with Crippen molar-refractivity contribution in [2.75, 3.05) is 16.0 Å². The molecule has 1 aliphatic carbocycles. The van der Waals surface area contributed by atoms with Crippen LogP contribution in [0.5, 0.6) is 0 Å². The number of hydrogen-bond donors (Lipinski definition) is 1. The van der Waals surface area contributed by atoms with Crippen LogP contribution in [0.15, 0.2) is 35.2 Å². The highest BCUT2D eigenvalue weighted by Gasteiger charge is 2.40. The summed E-state index contributed by atoms with van der Waals surface area (Å²) in [5.41, 5.74) is 0.602. The van der Waals surface area contributed by atoms with Gasteiger partial charge in [-0.05, 0) is 48.9 Å². The zero-order valence-electron chi connectivity index (χ0n) is 23.7. The fraction of sp³-hybridized carbons (Fsp3) is 0.517. The summed E-state index contributed by atoms with van der Waals surface area (Å²) in [6.45, 7) is 5.68. The first kappa shape index (κ1) is 30.4. The molecule has 0 spiro atoms. The van der Waals surface area contributed by atoms with Crippen molar-refractivity contribution in [3.8, 4) is 0 Å². The van der Waals surface area contributed by atoms with Gasteiger partial charge in [0.15, 0.2) is 15.0 Å². The SMILES string of the molecule is Cc1cc(C(F)(F)F)nc(N2Cc3sc(NC(=O)Cc4ccc(S(=O)(=O)CCC5CCCC5)cc4)nc3[C@@H]2C(C)C)n1. The number of alkyl halides is 3. The zero-order chi connectivity index (χ0) is 30.2. The van der Waals surface area contributed by atoms with E-state index in [0.717, 1.165) is 23.8 Å². The minimum absolute atomic E-state index is 0.000748. The van der Waals surface area contributed by atoms with Crippen LogP contribution in [0, 0.1) is 18.8 Å². The van der Waals surface area contributed by atoms with Crippen molar-refractivity contribution in [1.29, 1.82) is 0 Å². The van der Waals surface area contributed by atoms with Crippen LogP contribution >= 0.6 is 11.3 Å². The van der Waals surface area contributed by atoms with Crippen molar-refractivity contribution in [2.24, 2.45) is 11.8 Å². The summed E-state index contributed by atoms with van der Waals surface area (Å²) in [7, 11) is -3.37. The van der Waals surface area contributed by atoms with E-state index in [2.05, 4.69) is 20.3 Å². The number of amides is 1. The Morgan fingerprint density at radius 2 is 1.81 bits per heavy atom. The van der Waals surface area contributed by atoms with Crippen LogP contribution in [0.3, 0.4) is 0 Å². The second kappa shape index (κ2) is 11.9. The van der Waals surface area contributed by atoms with E-state index in [4.69, 9.17) is 0 Å². The van der Waals surface area contributed by atoms with Crippen molar-refractivity contribution in [3.63, 3.8) is 0 Å². The van der Waals surface area contributed by atoms with Crippen LogP contribution in [-0.4, -0.2) is 35.0 Å². The molecule has 0 radical (unpaired) electrons. The first-order valence-electron chi connectivity index (χ1n) is 14.1. The highest BCUT2D eigenvalue weighted by Crippen LogP contribution is 2.44. The van der Waals surface area contributed by atoms with Gasteiger partial charge in [-0.3, -0.25) is 4.79 Å². The molecule has 5 rings (SSSR count). The maximum atomic E-state index is 13.4. The molecule has 0 saturated heterocycles. The number of sulfone groups is 1. The lowest BCUT2D eigenvalue weighted by molar-refractivity contribution is -0.141. The summed E-state index contributed by atoms with van der Waals surface area (Å²) in [4.78, 5) is 28.4. The lowest BCUT2D eigenvalue weighted by Crippen LogP contribution is -2.29. The van der Waals surface area contributed by atoms with Crippen LogP contribution in [0.2, 0.25) is 0 Å². The average molecular weight is 622 g/mol. The number of aromatic nitrogens is 3. The number of nitrogens with zero attached hydrogens (tertiary/aromatic N) is 4. The number of fused-ring (bicyclic) bond motifs is 1. The van der Waals surface area contributed by atoms with E-state index < -0.39 is 21.7 Å². The molecule has 226 valence electrons. The van der Waals surface area contributed by atoms with E-state index in [9.17, 15) is 26.4 Å². The van der Waals surface area contributed by atoms with Gasteiger partial charge in [0.25, 0.3) is 0 Å². The van der Waals surface area contributed by atoms with Crippen molar-refractivity contribution >= 4 is 38.2 Å². The minimum atomic E-state index is -4.58. The third-order valence-electron chi connectivity index (χ3n) is 7.84. The third-order valence-corrected chi connectivity index (χ3v) is 10.6. The Morgan fingerprint density at radius 3 is 2.45 bits per heavy atom. The second-order valence-electron chi connectivity index (χ2n) is 11.5. The molecular formula is C29H34F3N5O3S2. The van der Waals surface area contributed by atoms with Gasteiger partial charge in [-0.15, -0.1) is 0 Å². The lowest BCUT2D eigenvalue weighted by Gasteiger charge is -2.28. The molecule has 1 atom stereocenters. The number of hydrogen-bond acceptors (Lipinski definition) is 8. The molecular weight excluding hydrogens is 587 g/mol. The van der Waals surface area contributed by atoms with Crippen LogP contribution in [-0.2, 0) is 33.8 Å². The normalized spacial score (nSPS) is 17.7. The van der Waals surface area contributed by atoms with Crippen LogP contribution < -0.4 is 10.2 Å². The number of benzene rings is 1. The molecule has 8 nitrogen and oxygen atoms in total. The minimum Gasteiger partial charge on any atom is -0.327 e. The largest absolute Gasteiger partial charge is 0.433 e. The lowest BCUT2D eigenvalue weighted by atomic mass is 10.0. The monoisotopic (exact) mass is 621 g/mol. The molecule has 1 N–H and O–H groups in total. The molecule has 13 heteroatoms. The van der Waals surface area contributed by atoms with Crippen molar-refractivity contribution in [3.05, 3.63) is 57.9 Å². The van der Waals surface area contributed by atoms with Crippen LogP contribution in [0.4, 0.5) is 24.3 Å². The predicted octanol–water partition coefficient (Wildman–Crippen LogP) is 6.51. The van der Waals surface area contributed by atoms with Crippen molar-refractivity contribution in [1.82, 2.24) is 15.0 Å². The molecule has 2 aromatic heterocycles. The Bertz CT molecular complexity index is 1550. The number of rotatable bonds is 9. The molecule has 1 fully saturated rings. The fourth-order valence-corrected chi connectivity index (χ4v) is 8.21. The summed E-state index contributed by atoms with van der Waals surface area (Å²) in [6, 6.07) is 7.01. The second-order valence-corrected chi connectivity index (χ2v) is 14.7. The molecule has 0 bridgehead atoms. The molecule has 3 aromatic rings. The van der Waals surface area contributed by atoms with E-state index in [0.29, 0.717) is 28.7 Å². The summed E-state index contributed by atoms with van der Waals surface area (Å²) < 4.78 is 65.7. The fourth-order valence-electron chi connectivity index (χ4n) is 5.76. The molecule has 3 heterocycles. The number of nitrogens with one attached hydrogen (secondary N) is 1. The summed E-state index contributed by atoms with van der Waals surface area (Å²) in [6.07, 6.45) is 0.709. The van der Waals surface area contributed by atoms with Crippen LogP contribution in [0.25, 0.3) is 0 Å². The van der Waals surface area contributed by atoms with Gasteiger partial charge in [-0.1, -0.05) is 63.0 Å². The number of halogens is 3. The maximum Gasteiger partial charge on any atom is 0.433 e. The Balaban J connectivity index is 1.23. The smallest absolute Gasteiger partial charge is 0.327 e. The van der Waals surface area contributed by atoms with E-state index in [1.165, 1.54) is 31.1 Å². The Morgan fingerprint density at radius 1 is 1.12 bits per heavy atom. The third kappa shape index (κ3) is 6.77. The molecule has 1 saturated carbocycles. The molecule has 42 heavy (non-hydrogen) atoms. The van der Waals surface area contributed by atoms with Gasteiger partial charge in [-0.2, -0.15) is 13.2 Å². The highest BCUT2D eigenvalue weighted by atomic mass is 32.2. The Kier molecular flexibility index (Phi) is 8.62. The Labute approximate surface area is 247 Å². The van der Waals surface area contributed by atoms with Gasteiger partial charge >= 0.3 is 6.18 Å². The summed E-state index contributed by atoms with van der Waals surface area (Å²) >= 11 is 1.27. The standard InChI is InChI=1S/C29H34F3N5O3S2/c1-17(2)26-25-22(16-37(26)27-33-18(3)14-23(34-27)29(30,31)32)41-28(36-25)35-24(38)15-20-8-10-21(11-9-20)42(39,40)13-12-19-6-4-5-7-19/h8-11,14,17,19,26H,4-7,12-13,15-16H2,1-3H3,(H,35,36,38)/t26-/m0/s1. The predicted molar refractivity (Wildman–Crippen MR) is 155 cm³/mol. The number of carbonyl (C=O) groups excluding carboxylic acids is 1. The maximum absolute atomic E-state index is 13.4.